The van der Waals surface area contributed by atoms with Crippen molar-refractivity contribution in [3.8, 4) is 0 Å². The zero-order chi connectivity index (χ0) is 38.2. The Balaban J connectivity index is 1.55. The Morgan fingerprint density at radius 2 is 1.57 bits per heavy atom. The average Bonchev–Trinajstić information content (AvgIpc) is 3.30. The lowest BCUT2D eigenvalue weighted by Crippen LogP contribution is -2.64. The van der Waals surface area contributed by atoms with Gasteiger partial charge in [-0.15, -0.1) is 6.58 Å². The van der Waals surface area contributed by atoms with Crippen molar-refractivity contribution in [2.45, 2.75) is 148 Å². The average molecular weight is 734 g/mol. The number of fused-ring (bicyclic) bond motifs is 1. The van der Waals surface area contributed by atoms with E-state index in [1.807, 2.05) is 20.8 Å². The van der Waals surface area contributed by atoms with Gasteiger partial charge in [0.2, 0.25) is 17.6 Å². The van der Waals surface area contributed by atoms with Crippen molar-refractivity contribution < 1.29 is 32.4 Å². The number of likely N-dealkylation sites (tertiary alicyclic amines) is 1. The zero-order valence-electron chi connectivity index (χ0n) is 32.2. The highest BCUT2D eigenvalue weighted by molar-refractivity contribution is 7.92. The smallest absolute Gasteiger partial charge is 0.315 e. The molecule has 3 saturated carbocycles. The number of Topliss-reactive ketones (excluding diaryl/α,β-unsaturated/α-hetero) is 1. The van der Waals surface area contributed by atoms with Crippen molar-refractivity contribution in [3.63, 3.8) is 0 Å². The minimum atomic E-state index is -3.57. The predicted octanol–water partition coefficient (Wildman–Crippen LogP) is 4.04. The molecule has 0 radical (unpaired) electrons. The first-order valence-corrected chi connectivity index (χ1v) is 20.5. The fraction of sp³-hybridized carbons (Fsp3) is 0.816. The van der Waals surface area contributed by atoms with Crippen LogP contribution < -0.4 is 21.3 Å². The molecule has 288 valence electrons. The van der Waals surface area contributed by atoms with Gasteiger partial charge in [0.1, 0.15) is 12.1 Å². The molecule has 0 spiro atoms. The third kappa shape index (κ3) is 9.16. The van der Waals surface area contributed by atoms with Crippen LogP contribution in [0.1, 0.15) is 120 Å². The summed E-state index contributed by atoms with van der Waals surface area (Å²) in [4.78, 5) is 70.2. The number of urea groups is 1. The molecule has 4 rings (SSSR count). The second-order valence-electron chi connectivity index (χ2n) is 18.3. The van der Waals surface area contributed by atoms with Crippen molar-refractivity contribution in [3.05, 3.63) is 12.7 Å². The Hall–Kier alpha value is -2.96. The first-order chi connectivity index (χ1) is 23.5. The summed E-state index contributed by atoms with van der Waals surface area (Å²) in [5.74, 6) is -2.38. The molecule has 1 saturated heterocycles. The number of carbonyl (C=O) groups excluding carboxylic acids is 5. The molecule has 0 aromatic carbocycles. The Morgan fingerprint density at radius 1 is 0.941 bits per heavy atom. The summed E-state index contributed by atoms with van der Waals surface area (Å²) in [6, 6.07) is -3.54. The predicted molar refractivity (Wildman–Crippen MR) is 197 cm³/mol. The van der Waals surface area contributed by atoms with Crippen LogP contribution in [0.5, 0.6) is 0 Å². The number of hydrogen-bond donors (Lipinski definition) is 4. The highest BCUT2D eigenvalue weighted by Crippen LogP contribution is 2.65. The molecule has 1 aliphatic heterocycles. The van der Waals surface area contributed by atoms with Crippen LogP contribution in [-0.4, -0.2) is 90.1 Å². The fourth-order valence-electron chi connectivity index (χ4n) is 8.23. The Morgan fingerprint density at radius 3 is 2.10 bits per heavy atom. The van der Waals surface area contributed by atoms with Gasteiger partial charge in [0.25, 0.3) is 5.91 Å². The lowest BCUT2D eigenvalue weighted by Gasteiger charge is -2.41. The van der Waals surface area contributed by atoms with Crippen molar-refractivity contribution in [2.24, 2.45) is 28.6 Å². The Labute approximate surface area is 305 Å². The molecule has 4 fully saturated rings. The molecule has 5 amide bonds. The highest BCUT2D eigenvalue weighted by atomic mass is 32.2. The number of hydrogen-bond acceptors (Lipinski definition) is 7. The molecule has 0 aromatic heterocycles. The van der Waals surface area contributed by atoms with Gasteiger partial charge in [0, 0.05) is 13.1 Å². The van der Waals surface area contributed by atoms with Gasteiger partial charge in [-0.05, 0) is 75.0 Å². The summed E-state index contributed by atoms with van der Waals surface area (Å²) in [6.45, 7) is 18.9. The lowest BCUT2D eigenvalue weighted by molar-refractivity contribution is -0.145. The van der Waals surface area contributed by atoms with Gasteiger partial charge in [-0.25, -0.2) is 13.2 Å². The molecule has 0 aromatic rings. The van der Waals surface area contributed by atoms with Crippen LogP contribution in [0.2, 0.25) is 0 Å². The van der Waals surface area contributed by atoms with E-state index in [1.165, 1.54) is 0 Å². The molecule has 3 unspecified atom stereocenters. The van der Waals surface area contributed by atoms with E-state index in [-0.39, 0.29) is 35.5 Å². The lowest BCUT2D eigenvalue weighted by atomic mass is 9.80. The minimum absolute atomic E-state index is 0.0581. The van der Waals surface area contributed by atoms with E-state index >= 15 is 0 Å². The molecule has 13 heteroatoms. The number of carbonyl (C=O) groups is 5. The quantitative estimate of drug-likeness (QED) is 0.119. The summed E-state index contributed by atoms with van der Waals surface area (Å²) < 4.78 is 25.7. The van der Waals surface area contributed by atoms with Crippen molar-refractivity contribution in [1.82, 2.24) is 26.2 Å². The van der Waals surface area contributed by atoms with Crippen LogP contribution in [0.15, 0.2) is 12.7 Å². The van der Waals surface area contributed by atoms with Gasteiger partial charge < -0.3 is 26.2 Å². The van der Waals surface area contributed by atoms with Crippen LogP contribution in [0.25, 0.3) is 0 Å². The molecule has 1 heterocycles. The highest BCUT2D eigenvalue weighted by Gasteiger charge is 2.70. The fourth-order valence-corrected chi connectivity index (χ4v) is 9.75. The topological polar surface area (TPSA) is 171 Å². The van der Waals surface area contributed by atoms with Gasteiger partial charge in [-0.3, -0.25) is 19.2 Å². The van der Waals surface area contributed by atoms with E-state index in [1.54, 1.807) is 31.7 Å². The van der Waals surface area contributed by atoms with E-state index in [9.17, 15) is 32.4 Å². The maximum absolute atomic E-state index is 14.5. The zero-order valence-corrected chi connectivity index (χ0v) is 33.0. The molecule has 5 atom stereocenters. The first kappa shape index (κ1) is 40.8. The van der Waals surface area contributed by atoms with Gasteiger partial charge >= 0.3 is 6.03 Å². The number of piperidine rings is 1. The molecule has 4 N–H and O–H groups in total. The van der Waals surface area contributed by atoms with Crippen molar-refractivity contribution in [1.29, 1.82) is 0 Å². The minimum Gasteiger partial charge on any atom is -0.349 e. The number of ketones is 1. The number of nitrogens with one attached hydrogen (secondary N) is 4. The van der Waals surface area contributed by atoms with Crippen LogP contribution in [0.3, 0.4) is 0 Å². The number of sulfone groups is 1. The van der Waals surface area contributed by atoms with Gasteiger partial charge in [0.15, 0.2) is 9.84 Å². The maximum Gasteiger partial charge on any atom is 0.315 e. The van der Waals surface area contributed by atoms with Crippen molar-refractivity contribution in [2.75, 3.05) is 18.8 Å². The number of rotatable bonds is 14. The first-order valence-electron chi connectivity index (χ1n) is 18.9. The summed E-state index contributed by atoms with van der Waals surface area (Å²) in [5.41, 5.74) is -1.93. The van der Waals surface area contributed by atoms with E-state index in [0.29, 0.717) is 32.2 Å². The summed E-state index contributed by atoms with van der Waals surface area (Å²) in [5, 5.41) is 11.4. The van der Waals surface area contributed by atoms with E-state index < -0.39 is 73.2 Å². The number of nitrogens with zero attached hydrogens (tertiary/aromatic N) is 1. The summed E-state index contributed by atoms with van der Waals surface area (Å²) in [6.07, 6.45) is 8.95. The van der Waals surface area contributed by atoms with Crippen molar-refractivity contribution >= 4 is 39.4 Å². The van der Waals surface area contributed by atoms with Gasteiger partial charge in [-0.2, -0.15) is 0 Å². The largest absolute Gasteiger partial charge is 0.349 e. The third-order valence-electron chi connectivity index (χ3n) is 12.0. The molecular weight excluding hydrogens is 671 g/mol. The van der Waals surface area contributed by atoms with Gasteiger partial charge in [0.05, 0.1) is 22.1 Å². The monoisotopic (exact) mass is 733 g/mol. The molecule has 51 heavy (non-hydrogen) atoms. The molecule has 0 bridgehead atoms. The molecule has 12 nitrogen and oxygen atoms in total. The molecular formula is C38H63N5O7S. The maximum atomic E-state index is 14.5. The second-order valence-corrected chi connectivity index (χ2v) is 21.0. The van der Waals surface area contributed by atoms with Crippen LogP contribution >= 0.6 is 0 Å². The SMILES string of the molecule is C=CCCNC(=O)C(=O)C(CC1CCC1)NC(=O)[C@@H]1C2C(CN1C(=O)[C@@H](NC(=O)NC1(CS(=O)(=O)C(C)(C)C)CCCCC1)C(C)(C)C)C2(C)C. The van der Waals surface area contributed by atoms with Gasteiger partial charge in [-0.1, -0.05) is 79.2 Å². The van der Waals surface area contributed by atoms with Crippen LogP contribution in [0.4, 0.5) is 4.79 Å². The third-order valence-corrected chi connectivity index (χ3v) is 14.8. The van der Waals surface area contributed by atoms with Crippen LogP contribution in [0, 0.1) is 28.6 Å². The number of amides is 5. The standard InChI is InChI=1S/C38H63N5O7S/c1-10-11-20-39-32(46)29(44)26(21-24-16-15-17-24)40-31(45)28-27-25(37(27,8)9)22-43(28)33(47)30(35(2,3)4)41-34(48)42-38(18-13-12-14-19-38)23-51(49,50)36(5,6)7/h10,24-28,30H,1,11-23H2,2-9H3,(H,39,46)(H,40,45)(H2,41,42,48)/t25?,26?,27?,28-,30+/m0/s1. The van der Waals surface area contributed by atoms with E-state index in [0.717, 1.165) is 38.5 Å². The second kappa shape index (κ2) is 15.2. The van der Waals surface area contributed by atoms with E-state index in [2.05, 4.69) is 41.7 Å². The normalized spacial score (nSPS) is 25.3. The molecule has 3 aliphatic carbocycles. The summed E-state index contributed by atoms with van der Waals surface area (Å²) >= 11 is 0. The Bertz CT molecular complexity index is 1470. The molecule has 4 aliphatic rings. The van der Waals surface area contributed by atoms with E-state index in [4.69, 9.17) is 0 Å². The van der Waals surface area contributed by atoms with Crippen LogP contribution in [-0.2, 0) is 29.0 Å². The Kier molecular flexibility index (Phi) is 12.1. The summed E-state index contributed by atoms with van der Waals surface area (Å²) in [7, 11) is -3.57.